The number of nitrogens with one attached hydrogen (secondary N) is 1. The summed E-state index contributed by atoms with van der Waals surface area (Å²) in [5.41, 5.74) is 6.07. The molecule has 0 spiro atoms. The quantitative estimate of drug-likeness (QED) is 0.842. The van der Waals surface area contributed by atoms with Crippen molar-refractivity contribution in [3.8, 4) is 0 Å². The number of carbonyl (C=O) groups excluding carboxylic acids is 1. The zero-order valence-corrected chi connectivity index (χ0v) is 15.4. The average Bonchev–Trinajstić information content (AvgIpc) is 2.94. The summed E-state index contributed by atoms with van der Waals surface area (Å²) in [7, 11) is 0. The molecule has 8 heteroatoms. The van der Waals surface area contributed by atoms with Gasteiger partial charge in [-0.25, -0.2) is 0 Å². The molecule has 2 fully saturated rings. The number of carbonyl (C=O) groups is 1. The highest BCUT2D eigenvalue weighted by atomic mass is 35.5. The van der Waals surface area contributed by atoms with Crippen molar-refractivity contribution in [2.45, 2.75) is 50.6 Å². The molecule has 1 aromatic heterocycles. The number of halogens is 2. The zero-order chi connectivity index (χ0) is 15.4. The van der Waals surface area contributed by atoms with Gasteiger partial charge < -0.3 is 16.0 Å². The Labute approximate surface area is 155 Å². The SMILES string of the molecule is Cl.Cl.N[C@@H]1CCC[C@H]1CC(=O)N1CCC(Nc2cccnn2)CC1. The summed E-state index contributed by atoms with van der Waals surface area (Å²) in [6, 6.07) is 4.39. The molecule has 2 aliphatic rings. The third-order valence-electron chi connectivity index (χ3n) is 4.93. The maximum absolute atomic E-state index is 12.4. The highest BCUT2D eigenvalue weighted by molar-refractivity contribution is 5.85. The Morgan fingerprint density at radius 3 is 2.58 bits per heavy atom. The van der Waals surface area contributed by atoms with Gasteiger partial charge in [-0.1, -0.05) is 6.42 Å². The normalized spacial score (nSPS) is 24.0. The van der Waals surface area contributed by atoms with Crippen LogP contribution in [-0.2, 0) is 4.79 Å². The molecule has 0 radical (unpaired) electrons. The van der Waals surface area contributed by atoms with Crippen molar-refractivity contribution in [2.75, 3.05) is 18.4 Å². The minimum absolute atomic E-state index is 0. The fourth-order valence-electron chi connectivity index (χ4n) is 3.53. The molecule has 3 rings (SSSR count). The van der Waals surface area contributed by atoms with Crippen molar-refractivity contribution in [1.82, 2.24) is 15.1 Å². The predicted molar refractivity (Wildman–Crippen MR) is 99.7 cm³/mol. The number of likely N-dealkylation sites (tertiary alicyclic amines) is 1. The van der Waals surface area contributed by atoms with E-state index in [1.807, 2.05) is 17.0 Å². The second kappa shape index (κ2) is 10.0. The van der Waals surface area contributed by atoms with Crippen LogP contribution in [0.3, 0.4) is 0 Å². The molecule has 0 bridgehead atoms. The van der Waals surface area contributed by atoms with E-state index < -0.39 is 0 Å². The lowest BCUT2D eigenvalue weighted by molar-refractivity contribution is -0.133. The van der Waals surface area contributed by atoms with E-state index in [1.54, 1.807) is 6.20 Å². The lowest BCUT2D eigenvalue weighted by Crippen LogP contribution is -2.43. The molecule has 1 saturated carbocycles. The number of aromatic nitrogens is 2. The van der Waals surface area contributed by atoms with Crippen LogP contribution in [0.4, 0.5) is 5.82 Å². The topological polar surface area (TPSA) is 84.1 Å². The number of hydrogen-bond donors (Lipinski definition) is 2. The van der Waals surface area contributed by atoms with Crippen LogP contribution in [0.1, 0.15) is 38.5 Å². The van der Waals surface area contributed by atoms with E-state index in [2.05, 4.69) is 15.5 Å². The molecule has 1 aliphatic heterocycles. The number of hydrogen-bond acceptors (Lipinski definition) is 5. The molecule has 1 amide bonds. The second-order valence-corrected chi connectivity index (χ2v) is 6.47. The van der Waals surface area contributed by atoms with E-state index in [4.69, 9.17) is 5.73 Å². The van der Waals surface area contributed by atoms with Gasteiger partial charge in [0.1, 0.15) is 5.82 Å². The Morgan fingerprint density at radius 1 is 1.25 bits per heavy atom. The Kier molecular flexibility index (Phi) is 8.73. The summed E-state index contributed by atoms with van der Waals surface area (Å²) in [5.74, 6) is 1.48. The van der Waals surface area contributed by atoms with E-state index >= 15 is 0 Å². The van der Waals surface area contributed by atoms with Crippen molar-refractivity contribution in [1.29, 1.82) is 0 Å². The van der Waals surface area contributed by atoms with Gasteiger partial charge in [-0.05, 0) is 43.7 Å². The third kappa shape index (κ3) is 5.46. The summed E-state index contributed by atoms with van der Waals surface area (Å²) in [4.78, 5) is 14.4. The Bertz CT molecular complexity index is 497. The van der Waals surface area contributed by atoms with Gasteiger partial charge in [0.05, 0.1) is 0 Å². The summed E-state index contributed by atoms with van der Waals surface area (Å²) >= 11 is 0. The minimum atomic E-state index is 0. The summed E-state index contributed by atoms with van der Waals surface area (Å²) in [5, 5.41) is 11.3. The number of nitrogens with zero attached hydrogens (tertiary/aromatic N) is 3. The maximum Gasteiger partial charge on any atom is 0.222 e. The van der Waals surface area contributed by atoms with Crippen LogP contribution in [0.25, 0.3) is 0 Å². The molecule has 136 valence electrons. The van der Waals surface area contributed by atoms with Crippen LogP contribution in [0, 0.1) is 5.92 Å². The minimum Gasteiger partial charge on any atom is -0.366 e. The first-order valence-electron chi connectivity index (χ1n) is 8.30. The fourth-order valence-corrected chi connectivity index (χ4v) is 3.53. The lowest BCUT2D eigenvalue weighted by Gasteiger charge is -2.33. The van der Waals surface area contributed by atoms with E-state index in [9.17, 15) is 4.79 Å². The van der Waals surface area contributed by atoms with Gasteiger partial charge in [0.25, 0.3) is 0 Å². The molecule has 0 aromatic carbocycles. The van der Waals surface area contributed by atoms with E-state index in [1.165, 1.54) is 6.42 Å². The van der Waals surface area contributed by atoms with Crippen molar-refractivity contribution >= 4 is 36.5 Å². The third-order valence-corrected chi connectivity index (χ3v) is 4.93. The van der Waals surface area contributed by atoms with Crippen molar-refractivity contribution in [3.63, 3.8) is 0 Å². The number of piperidine rings is 1. The van der Waals surface area contributed by atoms with Gasteiger partial charge in [-0.3, -0.25) is 4.79 Å². The first-order chi connectivity index (χ1) is 10.7. The maximum atomic E-state index is 12.4. The summed E-state index contributed by atoms with van der Waals surface area (Å²) in [6.45, 7) is 1.64. The second-order valence-electron chi connectivity index (χ2n) is 6.47. The highest BCUT2D eigenvalue weighted by Crippen LogP contribution is 2.28. The highest BCUT2D eigenvalue weighted by Gasteiger charge is 2.29. The molecule has 0 unspecified atom stereocenters. The number of rotatable bonds is 4. The zero-order valence-electron chi connectivity index (χ0n) is 13.8. The van der Waals surface area contributed by atoms with E-state index in [0.717, 1.165) is 44.6 Å². The molecule has 1 aromatic rings. The molecule has 1 aliphatic carbocycles. The van der Waals surface area contributed by atoms with Gasteiger partial charge in [0, 0.05) is 37.8 Å². The van der Waals surface area contributed by atoms with Gasteiger partial charge in [-0.2, -0.15) is 5.10 Å². The van der Waals surface area contributed by atoms with Crippen LogP contribution in [0.5, 0.6) is 0 Å². The number of anilines is 1. The Morgan fingerprint density at radius 2 is 2.00 bits per heavy atom. The van der Waals surface area contributed by atoms with Crippen LogP contribution in [-0.4, -0.2) is 46.2 Å². The van der Waals surface area contributed by atoms with Gasteiger partial charge in [-0.15, -0.1) is 29.9 Å². The fraction of sp³-hybridized carbons (Fsp3) is 0.688. The molecule has 3 N–H and O–H groups in total. The van der Waals surface area contributed by atoms with Crippen LogP contribution < -0.4 is 11.1 Å². The smallest absolute Gasteiger partial charge is 0.222 e. The standard InChI is InChI=1S/C16H25N5O.2ClH/c17-14-4-1-3-12(14)11-16(22)21-9-6-13(7-10-21)19-15-5-2-8-18-20-15;;/h2,5,8,12-14H,1,3-4,6-7,9-11,17H2,(H,19,20);2*1H/t12-,14+;;/m0../s1. The number of nitrogens with two attached hydrogens (primary N) is 1. The lowest BCUT2D eigenvalue weighted by atomic mass is 9.98. The van der Waals surface area contributed by atoms with E-state index in [0.29, 0.717) is 18.4 Å². The van der Waals surface area contributed by atoms with Crippen LogP contribution >= 0.6 is 24.8 Å². The molecule has 2 heterocycles. The molecule has 24 heavy (non-hydrogen) atoms. The van der Waals surface area contributed by atoms with Crippen molar-refractivity contribution in [2.24, 2.45) is 11.7 Å². The summed E-state index contributed by atoms with van der Waals surface area (Å²) in [6.07, 6.45) is 7.56. The molecule has 1 saturated heterocycles. The average molecular weight is 376 g/mol. The first-order valence-corrected chi connectivity index (χ1v) is 8.30. The van der Waals surface area contributed by atoms with Crippen LogP contribution in [0.15, 0.2) is 18.3 Å². The largest absolute Gasteiger partial charge is 0.366 e. The Balaban J connectivity index is 0.00000144. The molecular formula is C16H27Cl2N5O. The van der Waals surface area contributed by atoms with Crippen molar-refractivity contribution in [3.05, 3.63) is 18.3 Å². The van der Waals surface area contributed by atoms with Gasteiger partial charge in [0.2, 0.25) is 5.91 Å². The van der Waals surface area contributed by atoms with Gasteiger partial charge >= 0.3 is 0 Å². The monoisotopic (exact) mass is 375 g/mol. The molecule has 6 nitrogen and oxygen atoms in total. The van der Waals surface area contributed by atoms with Crippen molar-refractivity contribution < 1.29 is 4.79 Å². The Hall–Kier alpha value is -1.11. The van der Waals surface area contributed by atoms with Crippen LogP contribution in [0.2, 0.25) is 0 Å². The first kappa shape index (κ1) is 20.9. The predicted octanol–water partition coefficient (Wildman–Crippen LogP) is 2.24. The van der Waals surface area contributed by atoms with E-state index in [-0.39, 0.29) is 36.8 Å². The van der Waals surface area contributed by atoms with Gasteiger partial charge in [0.15, 0.2) is 0 Å². The molecular weight excluding hydrogens is 349 g/mol. The summed E-state index contributed by atoms with van der Waals surface area (Å²) < 4.78 is 0. The number of amides is 1. The molecule has 2 atom stereocenters.